The maximum atomic E-state index is 13.9. The van der Waals surface area contributed by atoms with Gasteiger partial charge in [0.2, 0.25) is 0 Å². The molecule has 29 heavy (non-hydrogen) atoms. The second kappa shape index (κ2) is 9.56. The van der Waals surface area contributed by atoms with Crippen molar-refractivity contribution in [2.45, 2.75) is 13.3 Å². The minimum Gasteiger partial charge on any atom is -0.462 e. The van der Waals surface area contributed by atoms with Crippen molar-refractivity contribution in [3.8, 4) is 0 Å². The van der Waals surface area contributed by atoms with E-state index in [9.17, 15) is 14.0 Å². The Balaban J connectivity index is 1.59. The van der Waals surface area contributed by atoms with Crippen LogP contribution in [0.15, 0.2) is 36.5 Å². The van der Waals surface area contributed by atoms with E-state index in [2.05, 4.69) is 10.3 Å². The zero-order valence-electron chi connectivity index (χ0n) is 16.0. The summed E-state index contributed by atoms with van der Waals surface area (Å²) in [7, 11) is 0. The van der Waals surface area contributed by atoms with Crippen LogP contribution in [-0.4, -0.2) is 54.7 Å². The minimum atomic E-state index is -0.576. The highest BCUT2D eigenvalue weighted by atomic mass is 35.5. The number of halogens is 2. The van der Waals surface area contributed by atoms with E-state index in [-0.39, 0.29) is 16.7 Å². The Hall–Kier alpha value is -2.87. The van der Waals surface area contributed by atoms with Gasteiger partial charge < -0.3 is 19.9 Å². The number of aromatic nitrogens is 1. The van der Waals surface area contributed by atoms with E-state index in [0.29, 0.717) is 38.3 Å². The summed E-state index contributed by atoms with van der Waals surface area (Å²) in [6.45, 7) is 4.35. The van der Waals surface area contributed by atoms with Gasteiger partial charge in [-0.3, -0.25) is 0 Å². The number of nitrogens with zero attached hydrogens (tertiary/aromatic N) is 3. The number of esters is 1. The van der Waals surface area contributed by atoms with Crippen LogP contribution in [0.2, 0.25) is 5.02 Å². The second-order valence-electron chi connectivity index (χ2n) is 6.51. The van der Waals surface area contributed by atoms with E-state index in [4.69, 9.17) is 16.3 Å². The first-order valence-corrected chi connectivity index (χ1v) is 9.75. The van der Waals surface area contributed by atoms with E-state index in [0.717, 1.165) is 18.3 Å². The number of carbonyl (C=O) groups is 2. The van der Waals surface area contributed by atoms with Crippen molar-refractivity contribution in [1.29, 1.82) is 0 Å². The molecule has 2 heterocycles. The quantitative estimate of drug-likeness (QED) is 0.761. The van der Waals surface area contributed by atoms with E-state index in [1.807, 2.05) is 4.90 Å². The van der Waals surface area contributed by atoms with Gasteiger partial charge in [0, 0.05) is 37.4 Å². The molecule has 0 spiro atoms. The molecule has 3 rings (SSSR count). The summed E-state index contributed by atoms with van der Waals surface area (Å²) in [5.41, 5.74) is 0.494. The van der Waals surface area contributed by atoms with Crippen molar-refractivity contribution in [3.05, 3.63) is 52.9 Å². The monoisotopic (exact) mass is 420 g/mol. The molecule has 0 aliphatic carbocycles. The molecule has 1 aromatic heterocycles. The van der Waals surface area contributed by atoms with Gasteiger partial charge in [0.15, 0.2) is 0 Å². The van der Waals surface area contributed by atoms with Gasteiger partial charge in [-0.25, -0.2) is 19.0 Å². The fourth-order valence-electron chi connectivity index (χ4n) is 3.04. The van der Waals surface area contributed by atoms with Crippen molar-refractivity contribution in [1.82, 2.24) is 9.88 Å². The topological polar surface area (TPSA) is 74.8 Å². The fraction of sp³-hybridized carbons (Fsp3) is 0.350. The van der Waals surface area contributed by atoms with E-state index < -0.39 is 11.8 Å². The molecule has 154 valence electrons. The van der Waals surface area contributed by atoms with Crippen LogP contribution >= 0.6 is 11.6 Å². The Morgan fingerprint density at radius 2 is 2.03 bits per heavy atom. The number of hydrogen-bond donors (Lipinski definition) is 1. The van der Waals surface area contributed by atoms with Gasteiger partial charge in [-0.1, -0.05) is 11.6 Å². The summed E-state index contributed by atoms with van der Waals surface area (Å²) in [5.74, 6) is -0.253. The molecule has 0 bridgehead atoms. The van der Waals surface area contributed by atoms with Crippen LogP contribution in [0, 0.1) is 5.82 Å². The van der Waals surface area contributed by atoms with Crippen molar-refractivity contribution in [2.75, 3.05) is 43.0 Å². The van der Waals surface area contributed by atoms with Gasteiger partial charge >= 0.3 is 12.0 Å². The molecule has 0 unspecified atom stereocenters. The number of amides is 2. The van der Waals surface area contributed by atoms with Crippen LogP contribution in [0.25, 0.3) is 0 Å². The van der Waals surface area contributed by atoms with Gasteiger partial charge in [-0.15, -0.1) is 0 Å². The van der Waals surface area contributed by atoms with Crippen LogP contribution in [0.4, 0.5) is 20.7 Å². The predicted octanol–water partition coefficient (Wildman–Crippen LogP) is 3.80. The fourth-order valence-corrected chi connectivity index (χ4v) is 3.20. The first kappa shape index (κ1) is 20.9. The zero-order chi connectivity index (χ0) is 20.8. The number of nitrogens with one attached hydrogen (secondary N) is 1. The number of ether oxygens (including phenoxy) is 1. The molecule has 9 heteroatoms. The lowest BCUT2D eigenvalue weighted by Crippen LogP contribution is -2.38. The first-order chi connectivity index (χ1) is 14.0. The van der Waals surface area contributed by atoms with Crippen molar-refractivity contribution >= 4 is 35.1 Å². The number of carbonyl (C=O) groups excluding carboxylic acids is 2. The lowest BCUT2D eigenvalue weighted by molar-refractivity contribution is 0.0526. The summed E-state index contributed by atoms with van der Waals surface area (Å²) in [6.07, 6.45) is 2.23. The Morgan fingerprint density at radius 3 is 2.72 bits per heavy atom. The SMILES string of the molecule is CCOC(=O)c1ccc(N2CCCN(C(=O)Nc3ccc(Cl)cc3F)CC2)nc1. The molecular formula is C20H22ClFN4O3. The molecule has 0 radical (unpaired) electrons. The Kier molecular flexibility index (Phi) is 6.87. The predicted molar refractivity (Wildman–Crippen MR) is 109 cm³/mol. The smallest absolute Gasteiger partial charge is 0.339 e. The largest absolute Gasteiger partial charge is 0.462 e. The second-order valence-corrected chi connectivity index (χ2v) is 6.94. The lowest BCUT2D eigenvalue weighted by Gasteiger charge is -2.23. The summed E-state index contributed by atoms with van der Waals surface area (Å²) in [4.78, 5) is 32.3. The summed E-state index contributed by atoms with van der Waals surface area (Å²) < 4.78 is 18.9. The summed E-state index contributed by atoms with van der Waals surface area (Å²) in [5, 5.41) is 2.86. The Labute approximate surface area is 173 Å². The van der Waals surface area contributed by atoms with E-state index in [1.54, 1.807) is 24.0 Å². The normalized spacial score (nSPS) is 14.3. The number of benzene rings is 1. The average Bonchev–Trinajstić information content (AvgIpc) is 2.97. The van der Waals surface area contributed by atoms with E-state index in [1.165, 1.54) is 18.3 Å². The number of pyridine rings is 1. The molecule has 1 aliphatic heterocycles. The summed E-state index contributed by atoms with van der Waals surface area (Å²) >= 11 is 5.74. The third-order valence-corrected chi connectivity index (χ3v) is 4.77. The molecule has 1 fully saturated rings. The zero-order valence-corrected chi connectivity index (χ0v) is 16.8. The minimum absolute atomic E-state index is 0.0942. The molecule has 1 N–H and O–H groups in total. The van der Waals surface area contributed by atoms with Gasteiger partial charge in [-0.05, 0) is 43.7 Å². The number of urea groups is 1. The lowest BCUT2D eigenvalue weighted by atomic mass is 10.2. The summed E-state index contributed by atoms with van der Waals surface area (Å²) in [6, 6.07) is 7.21. The molecule has 0 saturated carbocycles. The first-order valence-electron chi connectivity index (χ1n) is 9.37. The van der Waals surface area contributed by atoms with Gasteiger partial charge in [0.1, 0.15) is 11.6 Å². The van der Waals surface area contributed by atoms with Crippen LogP contribution in [-0.2, 0) is 4.74 Å². The van der Waals surface area contributed by atoms with Crippen LogP contribution < -0.4 is 10.2 Å². The standard InChI is InChI=1S/C20H22ClFN4O3/c1-2-29-19(27)14-4-7-18(23-13-14)25-8-3-9-26(11-10-25)20(28)24-17-6-5-15(21)12-16(17)22/h4-7,12-13H,2-3,8-11H2,1H3,(H,24,28). The highest BCUT2D eigenvalue weighted by Crippen LogP contribution is 2.20. The van der Waals surface area contributed by atoms with Gasteiger partial charge in [0.05, 0.1) is 17.9 Å². The van der Waals surface area contributed by atoms with Crippen molar-refractivity contribution in [3.63, 3.8) is 0 Å². The number of rotatable bonds is 4. The van der Waals surface area contributed by atoms with Gasteiger partial charge in [-0.2, -0.15) is 0 Å². The average molecular weight is 421 g/mol. The molecule has 7 nitrogen and oxygen atoms in total. The number of anilines is 2. The molecule has 1 aliphatic rings. The Bertz CT molecular complexity index is 879. The molecule has 1 aromatic carbocycles. The van der Waals surface area contributed by atoms with Gasteiger partial charge in [0.25, 0.3) is 0 Å². The highest BCUT2D eigenvalue weighted by Gasteiger charge is 2.21. The van der Waals surface area contributed by atoms with Crippen molar-refractivity contribution < 1.29 is 18.7 Å². The van der Waals surface area contributed by atoms with E-state index >= 15 is 0 Å². The molecule has 2 amide bonds. The molecule has 0 atom stereocenters. The maximum Gasteiger partial charge on any atom is 0.339 e. The molecule has 1 saturated heterocycles. The molecular weight excluding hydrogens is 399 g/mol. The van der Waals surface area contributed by atoms with Crippen LogP contribution in [0.5, 0.6) is 0 Å². The highest BCUT2D eigenvalue weighted by molar-refractivity contribution is 6.30. The van der Waals surface area contributed by atoms with Crippen molar-refractivity contribution in [2.24, 2.45) is 0 Å². The van der Waals surface area contributed by atoms with Crippen LogP contribution in [0.1, 0.15) is 23.7 Å². The third kappa shape index (κ3) is 5.35. The number of hydrogen-bond acceptors (Lipinski definition) is 5. The molecule has 2 aromatic rings. The maximum absolute atomic E-state index is 13.9. The third-order valence-electron chi connectivity index (χ3n) is 4.54. The van der Waals surface area contributed by atoms with Crippen LogP contribution in [0.3, 0.4) is 0 Å². The Morgan fingerprint density at radius 1 is 1.21 bits per heavy atom.